The Labute approximate surface area is 138 Å². The monoisotopic (exact) mass is 346 g/mol. The van der Waals surface area contributed by atoms with Crippen molar-refractivity contribution in [3.63, 3.8) is 0 Å². The minimum absolute atomic E-state index is 0.269. The van der Waals surface area contributed by atoms with Crippen LogP contribution in [-0.2, 0) is 14.2 Å². The second-order valence-electron chi connectivity index (χ2n) is 6.16. The maximum Gasteiger partial charge on any atom is 0.447 e. The van der Waals surface area contributed by atoms with E-state index < -0.39 is 31.1 Å². The molecule has 132 valence electrons. The van der Waals surface area contributed by atoms with Crippen LogP contribution in [0, 0.1) is 5.92 Å². The molecule has 1 aliphatic rings. The lowest BCUT2D eigenvalue weighted by molar-refractivity contribution is -0.129. The second kappa shape index (κ2) is 8.68. The molecule has 4 unspecified atom stereocenters. The Morgan fingerprint density at radius 2 is 2.17 bits per heavy atom. The SMILES string of the molecule is CCCNC(=O)C(N)(N[P+](=O)[C@H]1CCCNC1=O)C(C)C(C)N. The van der Waals surface area contributed by atoms with Gasteiger partial charge >= 0.3 is 7.95 Å². The van der Waals surface area contributed by atoms with Gasteiger partial charge in [0.25, 0.3) is 17.5 Å². The fourth-order valence-corrected chi connectivity index (χ4v) is 3.95. The summed E-state index contributed by atoms with van der Waals surface area (Å²) >= 11 is 0. The highest BCUT2D eigenvalue weighted by Gasteiger charge is 2.51. The van der Waals surface area contributed by atoms with Crippen molar-refractivity contribution < 1.29 is 14.2 Å². The van der Waals surface area contributed by atoms with E-state index >= 15 is 0 Å². The summed E-state index contributed by atoms with van der Waals surface area (Å²) < 4.78 is 12.6. The number of hydrogen-bond acceptors (Lipinski definition) is 5. The molecule has 0 saturated carbocycles. The van der Waals surface area contributed by atoms with Crippen LogP contribution in [-0.4, -0.2) is 42.3 Å². The van der Waals surface area contributed by atoms with E-state index in [1.54, 1.807) is 13.8 Å². The van der Waals surface area contributed by atoms with Gasteiger partial charge in [-0.1, -0.05) is 18.9 Å². The van der Waals surface area contributed by atoms with E-state index in [1.165, 1.54) is 0 Å². The van der Waals surface area contributed by atoms with Crippen LogP contribution in [0.15, 0.2) is 0 Å². The first-order valence-electron chi connectivity index (χ1n) is 8.08. The van der Waals surface area contributed by atoms with Gasteiger partial charge in [-0.15, -0.1) is 0 Å². The minimum Gasteiger partial charge on any atom is -0.353 e. The molecule has 23 heavy (non-hydrogen) atoms. The Bertz CT molecular complexity index is 460. The van der Waals surface area contributed by atoms with E-state index in [0.717, 1.165) is 12.8 Å². The number of carbonyl (C=O) groups excluding carboxylic acids is 2. The van der Waals surface area contributed by atoms with Gasteiger partial charge in [0.1, 0.15) is 0 Å². The highest BCUT2D eigenvalue weighted by Crippen LogP contribution is 2.33. The molecule has 1 heterocycles. The van der Waals surface area contributed by atoms with Gasteiger partial charge in [0.15, 0.2) is 5.66 Å². The van der Waals surface area contributed by atoms with Crippen LogP contribution in [0.25, 0.3) is 0 Å². The second-order valence-corrected chi connectivity index (χ2v) is 7.66. The lowest BCUT2D eigenvalue weighted by Crippen LogP contribution is -2.68. The van der Waals surface area contributed by atoms with Crippen LogP contribution in [0.3, 0.4) is 0 Å². The van der Waals surface area contributed by atoms with Crippen LogP contribution < -0.4 is 27.2 Å². The molecule has 1 aliphatic heterocycles. The van der Waals surface area contributed by atoms with Crippen LogP contribution in [0.5, 0.6) is 0 Å². The first-order chi connectivity index (χ1) is 10.7. The van der Waals surface area contributed by atoms with Gasteiger partial charge in [-0.3, -0.25) is 9.59 Å². The van der Waals surface area contributed by atoms with Crippen molar-refractivity contribution in [1.29, 1.82) is 0 Å². The molecule has 0 aliphatic carbocycles. The average Bonchev–Trinajstić information content (AvgIpc) is 2.51. The number of amides is 2. The van der Waals surface area contributed by atoms with Crippen molar-refractivity contribution in [1.82, 2.24) is 15.7 Å². The molecule has 1 rings (SSSR count). The Balaban J connectivity index is 2.93. The van der Waals surface area contributed by atoms with E-state index in [0.29, 0.717) is 19.5 Å². The zero-order chi connectivity index (χ0) is 17.6. The molecule has 8 nitrogen and oxygen atoms in total. The van der Waals surface area contributed by atoms with Gasteiger partial charge in [0.05, 0.1) is 0 Å². The molecule has 0 spiro atoms. The molecule has 2 amide bonds. The van der Waals surface area contributed by atoms with Gasteiger partial charge in [0, 0.05) is 31.5 Å². The summed E-state index contributed by atoms with van der Waals surface area (Å²) in [6, 6.07) is -0.386. The number of carbonyl (C=O) groups is 2. The lowest BCUT2D eigenvalue weighted by atomic mass is 9.89. The predicted octanol–water partition coefficient (Wildman–Crippen LogP) is -0.238. The Morgan fingerprint density at radius 1 is 1.52 bits per heavy atom. The molecule has 9 heteroatoms. The molecule has 0 radical (unpaired) electrons. The third-order valence-electron chi connectivity index (χ3n) is 4.25. The number of nitrogens with one attached hydrogen (secondary N) is 3. The molecule has 0 aromatic rings. The highest BCUT2D eigenvalue weighted by atomic mass is 31.1. The molecule has 0 bridgehead atoms. The maximum atomic E-state index is 12.6. The van der Waals surface area contributed by atoms with Crippen molar-refractivity contribution in [3.8, 4) is 0 Å². The van der Waals surface area contributed by atoms with E-state index in [4.69, 9.17) is 11.5 Å². The maximum absolute atomic E-state index is 12.6. The largest absolute Gasteiger partial charge is 0.447 e. The Kier molecular flexibility index (Phi) is 7.54. The molecule has 1 saturated heterocycles. The minimum atomic E-state index is -2.18. The van der Waals surface area contributed by atoms with E-state index in [2.05, 4.69) is 15.7 Å². The molecule has 0 aromatic heterocycles. The summed E-state index contributed by atoms with van der Waals surface area (Å²) in [6.45, 7) is 6.44. The smallest absolute Gasteiger partial charge is 0.353 e. The zero-order valence-electron chi connectivity index (χ0n) is 14.1. The molecule has 1 fully saturated rings. The molecule has 5 atom stereocenters. The fraction of sp³-hybridized carbons (Fsp3) is 0.857. The molecule has 7 N–H and O–H groups in total. The van der Waals surface area contributed by atoms with Crippen LogP contribution in [0.2, 0.25) is 0 Å². The van der Waals surface area contributed by atoms with Crippen molar-refractivity contribution in [2.45, 2.75) is 57.4 Å². The van der Waals surface area contributed by atoms with E-state index in [-0.39, 0.29) is 11.9 Å². The van der Waals surface area contributed by atoms with Crippen molar-refractivity contribution in [2.24, 2.45) is 17.4 Å². The van der Waals surface area contributed by atoms with Gasteiger partial charge in [0.2, 0.25) is 0 Å². The third-order valence-corrected chi connectivity index (χ3v) is 5.90. The quantitative estimate of drug-likeness (QED) is 0.304. The van der Waals surface area contributed by atoms with Crippen LogP contribution >= 0.6 is 7.95 Å². The summed E-state index contributed by atoms with van der Waals surface area (Å²) in [4.78, 5) is 24.4. The number of piperidine rings is 1. The Morgan fingerprint density at radius 3 is 2.70 bits per heavy atom. The van der Waals surface area contributed by atoms with E-state index in [1.807, 2.05) is 6.92 Å². The number of rotatable bonds is 8. The van der Waals surface area contributed by atoms with Gasteiger partial charge in [-0.2, -0.15) is 0 Å². The van der Waals surface area contributed by atoms with Crippen LogP contribution in [0.1, 0.15) is 40.0 Å². The number of hydrogen-bond donors (Lipinski definition) is 5. The van der Waals surface area contributed by atoms with Gasteiger partial charge < -0.3 is 22.1 Å². The fourth-order valence-electron chi connectivity index (χ4n) is 2.40. The summed E-state index contributed by atoms with van der Waals surface area (Å²) in [6.07, 6.45) is 2.01. The van der Waals surface area contributed by atoms with Crippen molar-refractivity contribution in [2.75, 3.05) is 13.1 Å². The molecule has 0 aromatic carbocycles. The third kappa shape index (κ3) is 4.94. The Hall–Kier alpha value is -1.08. The summed E-state index contributed by atoms with van der Waals surface area (Å²) in [5.41, 5.74) is 9.89. The standard InChI is InChI=1S/C14H28N5O3P/c1-4-7-18-13(21)14(16,9(2)10(3)15)19-23(22)11-6-5-8-17-12(11)20/h9-11H,4-8,15-16H2,1-3H3,(H2-,17,18,19,20,21,22)/p+1/t9?,10?,11-,14?/m0/s1. The zero-order valence-corrected chi connectivity index (χ0v) is 15.0. The van der Waals surface area contributed by atoms with Gasteiger partial charge in [-0.05, 0) is 24.3 Å². The highest BCUT2D eigenvalue weighted by molar-refractivity contribution is 7.44. The van der Waals surface area contributed by atoms with E-state index in [9.17, 15) is 14.2 Å². The topological polar surface area (TPSA) is 139 Å². The van der Waals surface area contributed by atoms with Gasteiger partial charge in [-0.25, -0.2) is 0 Å². The first-order valence-corrected chi connectivity index (χ1v) is 9.41. The molecular formula is C14H29N5O3P+. The van der Waals surface area contributed by atoms with Crippen molar-refractivity contribution in [3.05, 3.63) is 0 Å². The van der Waals surface area contributed by atoms with Crippen molar-refractivity contribution >= 4 is 19.8 Å². The average molecular weight is 346 g/mol. The summed E-state index contributed by atoms with van der Waals surface area (Å²) in [7, 11) is -2.18. The lowest BCUT2D eigenvalue weighted by Gasteiger charge is -2.33. The molecular weight excluding hydrogens is 317 g/mol. The van der Waals surface area contributed by atoms with Crippen LogP contribution in [0.4, 0.5) is 0 Å². The summed E-state index contributed by atoms with van der Waals surface area (Å²) in [5, 5.41) is 8.12. The summed E-state index contributed by atoms with van der Waals surface area (Å²) in [5.74, 6) is -1.19. The normalized spacial score (nSPS) is 24.1. The number of nitrogens with two attached hydrogens (primary N) is 2. The predicted molar refractivity (Wildman–Crippen MR) is 89.8 cm³/mol. The first kappa shape index (κ1) is 20.0.